The molecule has 2 heterocycles. The van der Waals surface area contributed by atoms with Crippen molar-refractivity contribution < 1.29 is 59.0 Å². The lowest BCUT2D eigenvalue weighted by molar-refractivity contribution is -0.143. The Kier molecular flexibility index (Phi) is 15.0. The number of amides is 4. The van der Waals surface area contributed by atoms with Gasteiger partial charge in [0.25, 0.3) is 5.91 Å². The third kappa shape index (κ3) is 10.3. The Morgan fingerprint density at radius 2 is 1.71 bits per heavy atom. The van der Waals surface area contributed by atoms with Gasteiger partial charge < -0.3 is 73.1 Å². The number of aliphatic hydroxyl groups excluding tert-OH is 1. The number of aromatic nitrogens is 2. The Bertz CT molecular complexity index is 2620. The Morgan fingerprint density at radius 1 is 0.985 bits per heavy atom. The fourth-order valence-electron chi connectivity index (χ4n) is 8.40. The van der Waals surface area contributed by atoms with E-state index in [4.69, 9.17) is 26.7 Å². The zero-order valence-electron chi connectivity index (χ0n) is 38.7. The molecule has 0 saturated carbocycles. The number of fused-ring (bicyclic) bond motifs is 6. The molecule has 68 heavy (non-hydrogen) atoms. The van der Waals surface area contributed by atoms with Crippen molar-refractivity contribution in [2.75, 3.05) is 39.1 Å². The second-order valence-corrected chi connectivity index (χ2v) is 17.7. The third-order valence-corrected chi connectivity index (χ3v) is 12.2. The van der Waals surface area contributed by atoms with Gasteiger partial charge in [-0.05, 0) is 105 Å². The van der Waals surface area contributed by atoms with Crippen LogP contribution >= 0.6 is 0 Å². The van der Waals surface area contributed by atoms with E-state index in [0.717, 1.165) is 16.9 Å². The van der Waals surface area contributed by atoms with E-state index in [-0.39, 0.29) is 93.1 Å². The molecule has 0 saturated heterocycles. The molecule has 0 spiro atoms. The maximum atomic E-state index is 14.5. The minimum Gasteiger partial charge on any atom is -0.507 e. The van der Waals surface area contributed by atoms with Crippen LogP contribution in [0.2, 0.25) is 0 Å². The number of carbonyl (C=O) groups excluding carboxylic acids is 4. The number of anilines is 1. The predicted octanol–water partition coefficient (Wildman–Crippen LogP) is 1.42. The van der Waals surface area contributed by atoms with Crippen LogP contribution in [0.5, 0.6) is 28.7 Å². The largest absolute Gasteiger partial charge is 0.507 e. The molecule has 21 nitrogen and oxygen atoms in total. The second-order valence-electron chi connectivity index (χ2n) is 17.7. The van der Waals surface area contributed by atoms with Crippen molar-refractivity contribution in [3.05, 3.63) is 69.9 Å². The molecule has 3 aromatic carbocycles. The molecule has 1 aromatic heterocycles. The average Bonchev–Trinajstić information content (AvgIpc) is 3.58. The molecule has 1 aliphatic carbocycles. The van der Waals surface area contributed by atoms with Crippen molar-refractivity contribution in [2.45, 2.75) is 96.0 Å². The summed E-state index contributed by atoms with van der Waals surface area (Å²) in [7, 11) is 1.27. The third-order valence-electron chi connectivity index (χ3n) is 12.2. The number of aliphatic hydroxyl groups is 1. The number of likely N-dealkylation sites (N-methyl/N-ethyl adjacent to an activating group) is 1. The molecule has 4 aromatic rings. The van der Waals surface area contributed by atoms with Crippen LogP contribution in [0.25, 0.3) is 22.5 Å². The Morgan fingerprint density at radius 3 is 2.37 bits per heavy atom. The highest BCUT2D eigenvalue weighted by Gasteiger charge is 2.38. The van der Waals surface area contributed by atoms with Crippen molar-refractivity contribution in [3.63, 3.8) is 0 Å². The average molecular weight is 942 g/mol. The first-order valence-electron chi connectivity index (χ1n) is 22.1. The Balaban J connectivity index is 1.40. The van der Waals surface area contributed by atoms with Crippen molar-refractivity contribution in [1.82, 2.24) is 30.8 Å². The molecule has 0 fully saturated rings. The smallest absolute Gasteiger partial charge is 0.326 e. The van der Waals surface area contributed by atoms with Crippen LogP contribution in [-0.4, -0.2) is 128 Å². The Hall–Kier alpha value is -7.23. The van der Waals surface area contributed by atoms with Crippen molar-refractivity contribution in [3.8, 4) is 51.3 Å². The van der Waals surface area contributed by atoms with E-state index in [0.29, 0.717) is 30.5 Å². The summed E-state index contributed by atoms with van der Waals surface area (Å²) in [4.78, 5) is 78.5. The summed E-state index contributed by atoms with van der Waals surface area (Å²) in [5.74, 6) is -6.27. The highest BCUT2D eigenvalue weighted by molar-refractivity contribution is 6.02. The number of benzene rings is 3. The molecule has 14 N–H and O–H groups in total. The van der Waals surface area contributed by atoms with Gasteiger partial charge in [0.15, 0.2) is 17.3 Å². The number of carbonyl (C=O) groups is 5. The molecule has 0 unspecified atom stereocenters. The van der Waals surface area contributed by atoms with Crippen LogP contribution in [0, 0.1) is 6.92 Å². The van der Waals surface area contributed by atoms with Gasteiger partial charge in [0, 0.05) is 31.1 Å². The summed E-state index contributed by atoms with van der Waals surface area (Å²) in [6, 6.07) is 3.10. The van der Waals surface area contributed by atoms with E-state index < -0.39 is 72.2 Å². The number of rotatable bonds is 14. The van der Waals surface area contributed by atoms with Gasteiger partial charge >= 0.3 is 5.97 Å². The van der Waals surface area contributed by atoms with E-state index in [1.54, 1.807) is 24.3 Å². The maximum absolute atomic E-state index is 14.5. The number of carboxylic acid groups (broad SMARTS) is 1. The maximum Gasteiger partial charge on any atom is 0.326 e. The summed E-state index contributed by atoms with van der Waals surface area (Å²) in [5, 5.41) is 62.2. The number of aromatic hydroxyl groups is 3. The number of nitrogens with two attached hydrogens (primary N) is 3. The molecule has 6 rings (SSSR count). The molecule has 364 valence electrons. The lowest BCUT2D eigenvalue weighted by Gasteiger charge is -2.32. The van der Waals surface area contributed by atoms with E-state index >= 15 is 0 Å². The number of carboxylic acids is 1. The van der Waals surface area contributed by atoms with Gasteiger partial charge in [-0.3, -0.25) is 19.2 Å². The number of phenolic OH excluding ortho intramolecular Hbond substituents is 3. The van der Waals surface area contributed by atoms with Gasteiger partial charge in [-0.15, -0.1) is 0 Å². The lowest BCUT2D eigenvalue weighted by atomic mass is 9.86. The molecular weight excluding hydrogens is 883 g/mol. The predicted molar refractivity (Wildman–Crippen MR) is 248 cm³/mol. The van der Waals surface area contributed by atoms with E-state index in [2.05, 4.69) is 25.9 Å². The fraction of sp³-hybridized carbons (Fsp3) is 0.426. The molecular formula is C47H59N9O12. The number of nitrogen functional groups attached to an aromatic ring is 1. The second kappa shape index (κ2) is 20.3. The lowest BCUT2D eigenvalue weighted by Crippen LogP contribution is -2.54. The highest BCUT2D eigenvalue weighted by Crippen LogP contribution is 2.49. The summed E-state index contributed by atoms with van der Waals surface area (Å²) >= 11 is 0. The number of aryl methyl sites for hydroxylation is 1. The molecule has 21 heteroatoms. The number of nitrogens with zero attached hydrogens (tertiary/aromatic N) is 3. The standard InChI is InChI=1S/C47H59N9O12/c1-21-35(40(50)55-41(51-21)36-32(58)18-30-27(39(36)60)10-11-47(30,4)5)43(62)53-23(3)45(64)56(6)37-25-16-29(38(59)34(17-25)68-20-26(57)19-49)28-14-24(8-9-33(28)67-13-7-12-48)15-31(46(65)66)54-42(61)22(2)52-44(37)63/h8-9,14,16-18,22-23,26,31,37,57-60H,7,10-13,15,19-20,48-49H2,1-6H3,(H,52,63)(H,53,62)(H,54,61)(H,65,66)(H2,50,51,55)/t22-,23-,26+,31-,37-/m0/s1. The van der Waals surface area contributed by atoms with Gasteiger partial charge in [-0.1, -0.05) is 19.9 Å². The highest BCUT2D eigenvalue weighted by atomic mass is 16.5. The number of aliphatic carboxylic acids is 1. The quantitative estimate of drug-likeness (QED) is 0.0796. The SMILES string of the molecule is Cc1nc(-c2c(O)cc3c(c2O)CCC3(C)C)nc(N)c1C(=O)N[C@@H](C)C(=O)N(C)[C@@H]1C(=O)N[C@@H](C)C(=O)N[C@H](C(=O)O)Cc2ccc(OCCCN)c(c2)-c2cc1cc(OC[C@H](O)CN)c2O. The molecule has 5 atom stereocenters. The first-order valence-corrected chi connectivity index (χ1v) is 22.1. The summed E-state index contributed by atoms with van der Waals surface area (Å²) in [5.41, 5.74) is 19.3. The van der Waals surface area contributed by atoms with E-state index in [1.165, 1.54) is 40.0 Å². The van der Waals surface area contributed by atoms with Gasteiger partial charge in [0.2, 0.25) is 17.7 Å². The van der Waals surface area contributed by atoms with Gasteiger partial charge in [0.05, 0.1) is 12.3 Å². The van der Waals surface area contributed by atoms with Crippen molar-refractivity contribution in [1.29, 1.82) is 0 Å². The van der Waals surface area contributed by atoms with Crippen LogP contribution in [0.3, 0.4) is 0 Å². The van der Waals surface area contributed by atoms with Crippen molar-refractivity contribution >= 4 is 35.4 Å². The molecule has 0 radical (unpaired) electrons. The summed E-state index contributed by atoms with van der Waals surface area (Å²) in [6.45, 7) is 7.99. The summed E-state index contributed by atoms with van der Waals surface area (Å²) in [6.07, 6.45) is 0.358. The number of nitrogens with one attached hydrogen (secondary N) is 3. The van der Waals surface area contributed by atoms with Crippen LogP contribution in [-0.2, 0) is 37.4 Å². The topological polar surface area (TPSA) is 348 Å². The monoisotopic (exact) mass is 941 g/mol. The van der Waals surface area contributed by atoms with E-state index in [9.17, 15) is 49.5 Å². The number of phenols is 3. The van der Waals surface area contributed by atoms with E-state index in [1.807, 2.05) is 13.8 Å². The minimum atomic E-state index is -1.64. The van der Waals surface area contributed by atoms with Crippen molar-refractivity contribution in [2.24, 2.45) is 11.5 Å². The molecule has 1 aliphatic heterocycles. The van der Waals surface area contributed by atoms with Gasteiger partial charge in [-0.2, -0.15) is 0 Å². The zero-order valence-corrected chi connectivity index (χ0v) is 38.7. The number of hydrogen-bond acceptors (Lipinski definition) is 16. The fourth-order valence-corrected chi connectivity index (χ4v) is 8.40. The first kappa shape index (κ1) is 50.2. The normalized spacial score (nSPS) is 18.5. The first-order chi connectivity index (χ1) is 32.1. The van der Waals surface area contributed by atoms with Gasteiger partial charge in [0.1, 0.15) is 71.1 Å². The van der Waals surface area contributed by atoms with Crippen LogP contribution in [0.15, 0.2) is 36.4 Å². The Labute approximate surface area is 392 Å². The minimum absolute atomic E-state index is 0.0186. The molecule has 4 amide bonds. The number of hydrogen-bond donors (Lipinski definition) is 11. The van der Waals surface area contributed by atoms with Crippen LogP contribution < -0.4 is 42.6 Å². The van der Waals surface area contributed by atoms with Crippen LogP contribution in [0.4, 0.5) is 5.82 Å². The summed E-state index contributed by atoms with van der Waals surface area (Å²) < 4.78 is 11.9. The van der Waals surface area contributed by atoms with Gasteiger partial charge in [-0.25, -0.2) is 14.8 Å². The number of ether oxygens (including phenoxy) is 2. The molecule has 2 aliphatic rings. The zero-order chi connectivity index (χ0) is 49.9. The molecule has 4 bridgehead atoms. The van der Waals surface area contributed by atoms with Crippen LogP contribution in [0.1, 0.15) is 84.9 Å².